The first-order chi connectivity index (χ1) is 15.6. The maximum atomic E-state index is 6.05. The number of rotatable bonds is 6. The highest BCUT2D eigenvalue weighted by Crippen LogP contribution is 2.31. The van der Waals surface area contributed by atoms with Crippen LogP contribution in [0.15, 0.2) is 54.9 Å². The second-order valence-electron chi connectivity index (χ2n) is 8.45. The van der Waals surface area contributed by atoms with Crippen molar-refractivity contribution in [3.63, 3.8) is 0 Å². The number of fused-ring (bicyclic) bond motifs is 1. The Balaban J connectivity index is 1.49. The van der Waals surface area contributed by atoms with Gasteiger partial charge in [-0.3, -0.25) is 0 Å². The van der Waals surface area contributed by atoms with Crippen LogP contribution in [-0.4, -0.2) is 26.3 Å². The topological polar surface area (TPSA) is 64.9 Å². The van der Waals surface area contributed by atoms with E-state index >= 15 is 0 Å². The molecule has 0 saturated heterocycles. The second kappa shape index (κ2) is 9.17. The lowest BCUT2D eigenvalue weighted by molar-refractivity contribution is 0.373. The van der Waals surface area contributed by atoms with Gasteiger partial charge in [-0.25, -0.2) is 9.67 Å². The van der Waals surface area contributed by atoms with Crippen LogP contribution in [0.1, 0.15) is 37.7 Å². The van der Waals surface area contributed by atoms with Crippen molar-refractivity contribution in [1.29, 1.82) is 0 Å². The Morgan fingerprint density at radius 3 is 2.56 bits per heavy atom. The minimum Gasteiger partial charge on any atom is -0.457 e. The van der Waals surface area contributed by atoms with E-state index in [2.05, 4.69) is 10.4 Å². The molecule has 6 nitrogen and oxygen atoms in total. The molecule has 2 heterocycles. The van der Waals surface area contributed by atoms with Crippen molar-refractivity contribution < 1.29 is 4.74 Å². The molecule has 0 bridgehead atoms. The molecule has 7 heteroatoms. The van der Waals surface area contributed by atoms with Crippen LogP contribution in [0.2, 0.25) is 5.02 Å². The third-order valence-electron chi connectivity index (χ3n) is 5.90. The minimum atomic E-state index is 0.558. The minimum absolute atomic E-state index is 0.558. The van der Waals surface area contributed by atoms with E-state index in [1.54, 1.807) is 4.68 Å². The molecular formula is C25H26ClN5O. The van der Waals surface area contributed by atoms with Gasteiger partial charge in [-0.1, -0.05) is 30.9 Å². The van der Waals surface area contributed by atoms with Gasteiger partial charge in [-0.15, -0.1) is 0 Å². The zero-order valence-corrected chi connectivity index (χ0v) is 18.8. The van der Waals surface area contributed by atoms with Gasteiger partial charge in [0, 0.05) is 23.2 Å². The van der Waals surface area contributed by atoms with E-state index in [0.717, 1.165) is 40.3 Å². The fourth-order valence-electron chi connectivity index (χ4n) is 4.19. The molecule has 1 fully saturated rings. The highest BCUT2D eigenvalue weighted by Gasteiger charge is 2.16. The summed E-state index contributed by atoms with van der Waals surface area (Å²) >= 11 is 5.99. The van der Waals surface area contributed by atoms with Gasteiger partial charge in [-0.2, -0.15) is 10.1 Å². The summed E-state index contributed by atoms with van der Waals surface area (Å²) < 4.78 is 7.77. The molecule has 5 rings (SSSR count). The van der Waals surface area contributed by atoms with Gasteiger partial charge in [0.1, 0.15) is 17.3 Å². The summed E-state index contributed by atoms with van der Waals surface area (Å²) in [4.78, 5) is 9.58. The first kappa shape index (κ1) is 20.8. The first-order valence-electron chi connectivity index (χ1n) is 11.1. The van der Waals surface area contributed by atoms with E-state index in [9.17, 15) is 0 Å². The van der Waals surface area contributed by atoms with Gasteiger partial charge in [0.15, 0.2) is 0 Å². The SMILES string of the molecule is Cc1cnn(-c2nc(NCC3CCCCC3)c3cc(Oc4ccc(Cl)cc4)ccc3n2)c1. The maximum Gasteiger partial charge on any atom is 0.253 e. The lowest BCUT2D eigenvalue weighted by Crippen LogP contribution is -2.18. The average Bonchev–Trinajstić information content (AvgIpc) is 3.26. The van der Waals surface area contributed by atoms with E-state index < -0.39 is 0 Å². The third-order valence-corrected chi connectivity index (χ3v) is 6.16. The number of nitrogens with zero attached hydrogens (tertiary/aromatic N) is 4. The second-order valence-corrected chi connectivity index (χ2v) is 8.89. The van der Waals surface area contributed by atoms with Gasteiger partial charge in [0.2, 0.25) is 0 Å². The molecule has 164 valence electrons. The number of benzene rings is 2. The number of aromatic nitrogens is 4. The number of ether oxygens (including phenoxy) is 1. The van der Waals surface area contributed by atoms with Gasteiger partial charge in [0.25, 0.3) is 5.95 Å². The molecule has 0 radical (unpaired) electrons. The average molecular weight is 448 g/mol. The highest BCUT2D eigenvalue weighted by atomic mass is 35.5. The summed E-state index contributed by atoms with van der Waals surface area (Å²) in [5.74, 6) is 3.51. The Morgan fingerprint density at radius 2 is 1.81 bits per heavy atom. The lowest BCUT2D eigenvalue weighted by Gasteiger charge is -2.22. The number of nitrogens with one attached hydrogen (secondary N) is 1. The molecule has 0 aliphatic heterocycles. The molecule has 0 unspecified atom stereocenters. The highest BCUT2D eigenvalue weighted by molar-refractivity contribution is 6.30. The largest absolute Gasteiger partial charge is 0.457 e. The van der Waals surface area contributed by atoms with Crippen LogP contribution in [0.4, 0.5) is 5.82 Å². The lowest BCUT2D eigenvalue weighted by atomic mass is 9.89. The van der Waals surface area contributed by atoms with E-state index in [0.29, 0.717) is 16.9 Å². The molecule has 0 amide bonds. The first-order valence-corrected chi connectivity index (χ1v) is 11.5. The molecule has 1 aliphatic rings. The zero-order chi connectivity index (χ0) is 21.9. The molecule has 4 aromatic rings. The van der Waals surface area contributed by atoms with Crippen LogP contribution in [-0.2, 0) is 0 Å². The molecule has 0 atom stereocenters. The van der Waals surface area contributed by atoms with Crippen LogP contribution in [0.3, 0.4) is 0 Å². The van der Waals surface area contributed by atoms with Crippen LogP contribution in [0.25, 0.3) is 16.9 Å². The molecule has 2 aromatic heterocycles. The van der Waals surface area contributed by atoms with Crippen LogP contribution < -0.4 is 10.1 Å². The number of aryl methyl sites for hydroxylation is 1. The standard InChI is InChI=1S/C25H26ClN5O/c1-17-14-28-31(16-17)25-29-23-12-11-21(32-20-9-7-19(26)8-10-20)13-22(23)24(30-25)27-15-18-5-3-2-4-6-18/h7-14,16,18H,2-6,15H2,1H3,(H,27,29,30). The van der Waals surface area contributed by atoms with Crippen molar-refractivity contribution in [1.82, 2.24) is 19.7 Å². The van der Waals surface area contributed by atoms with Gasteiger partial charge in [0.05, 0.1) is 11.7 Å². The van der Waals surface area contributed by atoms with E-state index in [1.807, 2.05) is 61.8 Å². The predicted octanol–water partition coefficient (Wildman–Crippen LogP) is 6.56. The monoisotopic (exact) mass is 447 g/mol. The Bertz CT molecular complexity index is 1210. The fraction of sp³-hybridized carbons (Fsp3) is 0.320. The summed E-state index contributed by atoms with van der Waals surface area (Å²) in [6.45, 7) is 2.92. The number of halogens is 1. The quantitative estimate of drug-likeness (QED) is 0.362. The van der Waals surface area contributed by atoms with Crippen molar-refractivity contribution >= 4 is 28.3 Å². The van der Waals surface area contributed by atoms with E-state index in [1.165, 1.54) is 32.1 Å². The van der Waals surface area contributed by atoms with Gasteiger partial charge < -0.3 is 10.1 Å². The molecule has 1 aliphatic carbocycles. The van der Waals surface area contributed by atoms with Gasteiger partial charge in [-0.05, 0) is 73.7 Å². The Kier molecular flexibility index (Phi) is 5.95. The number of hydrogen-bond acceptors (Lipinski definition) is 5. The van der Waals surface area contributed by atoms with Crippen molar-refractivity contribution in [3.8, 4) is 17.4 Å². The summed E-state index contributed by atoms with van der Waals surface area (Å²) in [5, 5.41) is 9.61. The Hall–Kier alpha value is -3.12. The third kappa shape index (κ3) is 4.70. The summed E-state index contributed by atoms with van der Waals surface area (Å²) in [6.07, 6.45) is 10.3. The van der Waals surface area contributed by atoms with E-state index in [4.69, 9.17) is 26.3 Å². The van der Waals surface area contributed by atoms with Gasteiger partial charge >= 0.3 is 0 Å². The maximum absolute atomic E-state index is 6.05. The van der Waals surface area contributed by atoms with Crippen molar-refractivity contribution in [2.75, 3.05) is 11.9 Å². The summed E-state index contributed by atoms with van der Waals surface area (Å²) in [5.41, 5.74) is 1.91. The molecule has 32 heavy (non-hydrogen) atoms. The molecular weight excluding hydrogens is 422 g/mol. The summed E-state index contributed by atoms with van der Waals surface area (Å²) in [6, 6.07) is 13.2. The smallest absolute Gasteiger partial charge is 0.253 e. The van der Waals surface area contributed by atoms with Crippen molar-refractivity contribution in [2.24, 2.45) is 5.92 Å². The Labute approximate surface area is 192 Å². The predicted molar refractivity (Wildman–Crippen MR) is 128 cm³/mol. The van der Waals surface area contributed by atoms with Crippen molar-refractivity contribution in [2.45, 2.75) is 39.0 Å². The molecule has 1 N–H and O–H groups in total. The summed E-state index contributed by atoms with van der Waals surface area (Å²) in [7, 11) is 0. The number of anilines is 1. The molecule has 1 saturated carbocycles. The number of hydrogen-bond donors (Lipinski definition) is 1. The zero-order valence-electron chi connectivity index (χ0n) is 18.1. The molecule has 2 aromatic carbocycles. The van der Waals surface area contributed by atoms with E-state index in [-0.39, 0.29) is 0 Å². The van der Waals surface area contributed by atoms with Crippen LogP contribution in [0, 0.1) is 12.8 Å². The van der Waals surface area contributed by atoms with Crippen LogP contribution in [0.5, 0.6) is 11.5 Å². The molecule has 0 spiro atoms. The fourth-order valence-corrected chi connectivity index (χ4v) is 4.32. The Morgan fingerprint density at radius 1 is 1.03 bits per heavy atom. The van der Waals surface area contributed by atoms with Crippen LogP contribution >= 0.6 is 11.6 Å². The normalized spacial score (nSPS) is 14.6. The van der Waals surface area contributed by atoms with Crippen molar-refractivity contribution in [3.05, 3.63) is 65.4 Å².